The maximum Gasteiger partial charge on any atom is 0.328 e. The normalized spacial score (nSPS) is 17.1. The second-order valence-corrected chi connectivity index (χ2v) is 6.90. The molecule has 1 fully saturated rings. The van der Waals surface area contributed by atoms with Crippen LogP contribution in [0.4, 0.5) is 4.79 Å². The number of nitrogens with one attached hydrogen (secondary N) is 2. The van der Waals surface area contributed by atoms with Crippen LogP contribution >= 0.6 is 0 Å². The summed E-state index contributed by atoms with van der Waals surface area (Å²) in [5.74, 6) is -0.436. The average molecular weight is 347 g/mol. The van der Waals surface area contributed by atoms with Gasteiger partial charge in [-0.05, 0) is 24.3 Å². The van der Waals surface area contributed by atoms with Crippen molar-refractivity contribution in [1.82, 2.24) is 15.5 Å². The first-order valence-corrected chi connectivity index (χ1v) is 8.90. The van der Waals surface area contributed by atoms with Gasteiger partial charge in [0.1, 0.15) is 6.04 Å². The smallest absolute Gasteiger partial charge is 0.328 e. The van der Waals surface area contributed by atoms with Crippen molar-refractivity contribution in [2.45, 2.75) is 45.3 Å². The van der Waals surface area contributed by atoms with E-state index in [1.807, 2.05) is 19.9 Å². The van der Waals surface area contributed by atoms with E-state index in [0.29, 0.717) is 0 Å². The molecule has 0 unspecified atom stereocenters. The van der Waals surface area contributed by atoms with Gasteiger partial charge in [0.2, 0.25) is 0 Å². The molecule has 1 aliphatic rings. The SMILES string of the molecule is COC(=O)[C@@H](NC(=O)NC1CCN(Cc2ccccc2)CC1)C(C)C. The van der Waals surface area contributed by atoms with E-state index in [-0.39, 0.29) is 18.0 Å². The summed E-state index contributed by atoms with van der Waals surface area (Å²) in [4.78, 5) is 26.3. The van der Waals surface area contributed by atoms with Crippen LogP contribution in [0.2, 0.25) is 0 Å². The zero-order valence-electron chi connectivity index (χ0n) is 15.3. The molecule has 1 aromatic carbocycles. The summed E-state index contributed by atoms with van der Waals surface area (Å²) in [6.07, 6.45) is 1.82. The molecule has 0 aromatic heterocycles. The predicted molar refractivity (Wildman–Crippen MR) is 97.1 cm³/mol. The van der Waals surface area contributed by atoms with Gasteiger partial charge in [-0.25, -0.2) is 9.59 Å². The van der Waals surface area contributed by atoms with E-state index < -0.39 is 12.0 Å². The Kier molecular flexibility index (Phi) is 7.25. The van der Waals surface area contributed by atoms with Crippen molar-refractivity contribution in [3.8, 4) is 0 Å². The van der Waals surface area contributed by atoms with Crippen LogP contribution in [0.15, 0.2) is 30.3 Å². The lowest BCUT2D eigenvalue weighted by Crippen LogP contribution is -2.53. The minimum atomic E-state index is -0.622. The maximum absolute atomic E-state index is 12.2. The van der Waals surface area contributed by atoms with Gasteiger partial charge in [-0.1, -0.05) is 44.2 Å². The number of carbonyl (C=O) groups excluding carboxylic acids is 2. The minimum absolute atomic E-state index is 0.0223. The lowest BCUT2D eigenvalue weighted by molar-refractivity contribution is -0.144. The van der Waals surface area contributed by atoms with Gasteiger partial charge >= 0.3 is 12.0 Å². The van der Waals surface area contributed by atoms with E-state index >= 15 is 0 Å². The van der Waals surface area contributed by atoms with Crippen LogP contribution in [-0.2, 0) is 16.1 Å². The van der Waals surface area contributed by atoms with Crippen LogP contribution in [0, 0.1) is 5.92 Å². The standard InChI is InChI=1S/C19H29N3O3/c1-14(2)17(18(23)25-3)21-19(24)20-16-9-11-22(12-10-16)13-15-7-5-4-6-8-15/h4-8,14,16-17H,9-13H2,1-3H3,(H2,20,21,24)/t17-/m0/s1. The fourth-order valence-electron chi connectivity index (χ4n) is 3.07. The van der Waals surface area contributed by atoms with E-state index in [1.54, 1.807) is 0 Å². The van der Waals surface area contributed by atoms with Gasteiger partial charge in [-0.2, -0.15) is 0 Å². The third-order valence-electron chi connectivity index (χ3n) is 4.58. The lowest BCUT2D eigenvalue weighted by Gasteiger charge is -2.32. The van der Waals surface area contributed by atoms with Gasteiger partial charge in [0.15, 0.2) is 0 Å². The number of methoxy groups -OCH3 is 1. The van der Waals surface area contributed by atoms with Crippen LogP contribution in [-0.4, -0.2) is 49.2 Å². The van der Waals surface area contributed by atoms with Crippen molar-refractivity contribution in [2.75, 3.05) is 20.2 Å². The Morgan fingerprint density at radius 2 is 1.84 bits per heavy atom. The number of hydrogen-bond acceptors (Lipinski definition) is 4. The Morgan fingerprint density at radius 3 is 2.40 bits per heavy atom. The summed E-state index contributed by atoms with van der Waals surface area (Å²) in [6, 6.07) is 9.62. The second kappa shape index (κ2) is 9.42. The van der Waals surface area contributed by atoms with Gasteiger partial charge in [0.05, 0.1) is 7.11 Å². The Morgan fingerprint density at radius 1 is 1.20 bits per heavy atom. The first-order valence-electron chi connectivity index (χ1n) is 8.90. The summed E-state index contributed by atoms with van der Waals surface area (Å²) >= 11 is 0. The van der Waals surface area contributed by atoms with E-state index in [0.717, 1.165) is 32.5 Å². The number of esters is 1. The number of piperidine rings is 1. The molecule has 0 aliphatic carbocycles. The van der Waals surface area contributed by atoms with Crippen LogP contribution in [0.1, 0.15) is 32.3 Å². The average Bonchev–Trinajstić information content (AvgIpc) is 2.61. The molecule has 6 heteroatoms. The fraction of sp³-hybridized carbons (Fsp3) is 0.579. The molecule has 2 N–H and O–H groups in total. The zero-order chi connectivity index (χ0) is 18.2. The number of benzene rings is 1. The Balaban J connectivity index is 1.75. The Hall–Kier alpha value is -2.08. The van der Waals surface area contributed by atoms with Crippen LogP contribution < -0.4 is 10.6 Å². The number of amides is 2. The van der Waals surface area contributed by atoms with Crippen molar-refractivity contribution in [3.63, 3.8) is 0 Å². The van der Waals surface area contributed by atoms with Crippen molar-refractivity contribution in [2.24, 2.45) is 5.92 Å². The van der Waals surface area contributed by atoms with Gasteiger partial charge in [-0.15, -0.1) is 0 Å². The number of hydrogen-bond donors (Lipinski definition) is 2. The lowest BCUT2D eigenvalue weighted by atomic mass is 10.0. The largest absolute Gasteiger partial charge is 0.467 e. The Labute approximate surface area is 149 Å². The Bertz CT molecular complexity index is 554. The molecule has 1 atom stereocenters. The number of nitrogens with zero attached hydrogens (tertiary/aromatic N) is 1. The minimum Gasteiger partial charge on any atom is -0.467 e. The molecule has 6 nitrogen and oxygen atoms in total. The summed E-state index contributed by atoms with van der Waals surface area (Å²) < 4.78 is 4.75. The molecule has 0 saturated carbocycles. The summed E-state index contributed by atoms with van der Waals surface area (Å²) in [5.41, 5.74) is 1.31. The summed E-state index contributed by atoms with van der Waals surface area (Å²) in [7, 11) is 1.33. The van der Waals surface area contributed by atoms with Crippen molar-refractivity contribution in [1.29, 1.82) is 0 Å². The van der Waals surface area contributed by atoms with Crippen molar-refractivity contribution >= 4 is 12.0 Å². The third-order valence-corrected chi connectivity index (χ3v) is 4.58. The molecule has 0 bridgehead atoms. The molecule has 1 heterocycles. The van der Waals surface area contributed by atoms with E-state index in [2.05, 4.69) is 39.8 Å². The van der Waals surface area contributed by atoms with Crippen molar-refractivity contribution in [3.05, 3.63) is 35.9 Å². The topological polar surface area (TPSA) is 70.7 Å². The molecule has 0 spiro atoms. The highest BCUT2D eigenvalue weighted by atomic mass is 16.5. The molecular formula is C19H29N3O3. The molecule has 138 valence electrons. The second-order valence-electron chi connectivity index (χ2n) is 6.90. The highest BCUT2D eigenvalue weighted by Gasteiger charge is 2.26. The number of likely N-dealkylation sites (tertiary alicyclic amines) is 1. The molecule has 2 rings (SSSR count). The van der Waals surface area contributed by atoms with Gasteiger partial charge in [-0.3, -0.25) is 4.90 Å². The highest BCUT2D eigenvalue weighted by Crippen LogP contribution is 2.14. The van der Waals surface area contributed by atoms with Gasteiger partial charge in [0, 0.05) is 25.7 Å². The van der Waals surface area contributed by atoms with Crippen LogP contribution in [0.5, 0.6) is 0 Å². The fourth-order valence-corrected chi connectivity index (χ4v) is 3.07. The maximum atomic E-state index is 12.2. The molecule has 1 aromatic rings. The molecule has 1 aliphatic heterocycles. The first kappa shape index (κ1) is 19.2. The molecule has 2 amide bonds. The first-order chi connectivity index (χ1) is 12.0. The van der Waals surface area contributed by atoms with Gasteiger partial charge < -0.3 is 15.4 Å². The molecule has 0 radical (unpaired) electrons. The van der Waals surface area contributed by atoms with Crippen LogP contribution in [0.3, 0.4) is 0 Å². The molecular weight excluding hydrogens is 318 g/mol. The quantitative estimate of drug-likeness (QED) is 0.774. The third kappa shape index (κ3) is 6.05. The van der Waals surface area contributed by atoms with E-state index in [9.17, 15) is 9.59 Å². The monoisotopic (exact) mass is 347 g/mol. The summed E-state index contributed by atoms with van der Waals surface area (Å²) in [6.45, 7) is 6.60. The molecule has 1 saturated heterocycles. The van der Waals surface area contributed by atoms with E-state index in [4.69, 9.17) is 4.74 Å². The number of ether oxygens (including phenoxy) is 1. The highest BCUT2D eigenvalue weighted by molar-refractivity contribution is 5.83. The number of rotatable bonds is 6. The van der Waals surface area contributed by atoms with Gasteiger partial charge in [0.25, 0.3) is 0 Å². The predicted octanol–water partition coefficient (Wildman–Crippen LogP) is 2.15. The van der Waals surface area contributed by atoms with Crippen molar-refractivity contribution < 1.29 is 14.3 Å². The summed E-state index contributed by atoms with van der Waals surface area (Å²) in [5, 5.41) is 5.71. The zero-order valence-corrected chi connectivity index (χ0v) is 15.3. The van der Waals surface area contributed by atoms with E-state index in [1.165, 1.54) is 12.7 Å². The van der Waals surface area contributed by atoms with Crippen LogP contribution in [0.25, 0.3) is 0 Å². The molecule has 25 heavy (non-hydrogen) atoms. The number of carbonyl (C=O) groups is 2. The number of urea groups is 1.